The van der Waals surface area contributed by atoms with Crippen LogP contribution in [0, 0.1) is 13.8 Å². The van der Waals surface area contributed by atoms with Crippen molar-refractivity contribution in [3.8, 4) is 5.75 Å². The Kier molecular flexibility index (Phi) is 6.66. The van der Waals surface area contributed by atoms with Crippen molar-refractivity contribution in [1.82, 2.24) is 5.32 Å². The van der Waals surface area contributed by atoms with E-state index >= 15 is 0 Å². The molecule has 0 aliphatic heterocycles. The summed E-state index contributed by atoms with van der Waals surface area (Å²) in [5.74, 6) is 0.789. The molecule has 1 unspecified atom stereocenters. The maximum atomic E-state index is 5.69. The Bertz CT molecular complexity index is 940. The van der Waals surface area contributed by atoms with E-state index in [0.29, 0.717) is 11.7 Å². The highest BCUT2D eigenvalue weighted by Gasteiger charge is 2.18. The summed E-state index contributed by atoms with van der Waals surface area (Å²) in [6, 6.07) is 24.7. The number of nitrogens with one attached hydrogen (secondary N) is 2. The van der Waals surface area contributed by atoms with Crippen molar-refractivity contribution in [3.63, 3.8) is 0 Å². The number of rotatable bonds is 6. The summed E-state index contributed by atoms with van der Waals surface area (Å²) in [7, 11) is 0. The lowest BCUT2D eigenvalue weighted by Gasteiger charge is -2.24. The molecular weight excluding hydrogens is 364 g/mol. The summed E-state index contributed by atoms with van der Waals surface area (Å²) in [4.78, 5) is 0. The van der Waals surface area contributed by atoms with E-state index in [1.54, 1.807) is 0 Å². The van der Waals surface area contributed by atoms with Gasteiger partial charge in [0.15, 0.2) is 5.11 Å². The van der Waals surface area contributed by atoms with Crippen LogP contribution in [0.2, 0.25) is 0 Å². The van der Waals surface area contributed by atoms with Crippen molar-refractivity contribution >= 4 is 23.0 Å². The van der Waals surface area contributed by atoms with Gasteiger partial charge in [-0.2, -0.15) is 0 Å². The predicted molar refractivity (Wildman–Crippen MR) is 121 cm³/mol. The van der Waals surface area contributed by atoms with Crippen molar-refractivity contribution in [2.45, 2.75) is 26.8 Å². The van der Waals surface area contributed by atoms with Crippen LogP contribution in [0.15, 0.2) is 72.8 Å². The van der Waals surface area contributed by atoms with Crippen LogP contribution >= 0.6 is 12.2 Å². The fourth-order valence-electron chi connectivity index (χ4n) is 3.28. The van der Waals surface area contributed by atoms with Crippen LogP contribution in [-0.2, 0) is 0 Å². The molecule has 0 bridgehead atoms. The van der Waals surface area contributed by atoms with Gasteiger partial charge in [-0.1, -0.05) is 66.2 Å². The first-order chi connectivity index (χ1) is 13.6. The van der Waals surface area contributed by atoms with Crippen LogP contribution in [0.4, 0.5) is 5.69 Å². The summed E-state index contributed by atoms with van der Waals surface area (Å²) in [5.41, 5.74) is 5.71. The van der Waals surface area contributed by atoms with Crippen LogP contribution in [0.1, 0.15) is 35.2 Å². The van der Waals surface area contributed by atoms with E-state index in [1.165, 1.54) is 16.7 Å². The van der Waals surface area contributed by atoms with E-state index in [1.807, 2.05) is 37.3 Å². The lowest BCUT2D eigenvalue weighted by molar-refractivity contribution is 0.342. The molecule has 3 nitrogen and oxygen atoms in total. The van der Waals surface area contributed by atoms with Crippen molar-refractivity contribution < 1.29 is 4.74 Å². The molecule has 0 aliphatic carbocycles. The third-order valence-electron chi connectivity index (χ3n) is 4.58. The molecule has 0 saturated carbocycles. The van der Waals surface area contributed by atoms with Crippen LogP contribution in [-0.4, -0.2) is 11.7 Å². The standard InChI is InChI=1S/C24H26N2OS/c1-4-27-22-13-9-8-12-21(22)25-24(28)26-23(19-10-6-5-7-11-19)20-15-14-17(2)16-18(20)3/h5-16,23H,4H2,1-3H3,(H2,25,26,28). The minimum atomic E-state index is -0.0407. The SMILES string of the molecule is CCOc1ccccc1NC(=S)NC(c1ccccc1)c1ccc(C)cc1C. The quantitative estimate of drug-likeness (QED) is 0.523. The lowest BCUT2D eigenvalue weighted by atomic mass is 9.94. The van der Waals surface area contributed by atoms with Gasteiger partial charge in [-0.25, -0.2) is 0 Å². The molecule has 1 atom stereocenters. The zero-order valence-electron chi connectivity index (χ0n) is 16.5. The van der Waals surface area contributed by atoms with Gasteiger partial charge >= 0.3 is 0 Å². The van der Waals surface area contributed by atoms with Gasteiger partial charge in [-0.15, -0.1) is 0 Å². The second-order valence-corrected chi connectivity index (χ2v) is 7.14. The first-order valence-corrected chi connectivity index (χ1v) is 9.90. The van der Waals surface area contributed by atoms with Crippen molar-refractivity contribution in [2.75, 3.05) is 11.9 Å². The maximum Gasteiger partial charge on any atom is 0.171 e. The number of hydrogen-bond acceptors (Lipinski definition) is 2. The minimum absolute atomic E-state index is 0.0407. The molecule has 0 fully saturated rings. The summed E-state index contributed by atoms with van der Waals surface area (Å²) in [6.07, 6.45) is 0. The first kappa shape index (κ1) is 19.9. The molecule has 2 N–H and O–H groups in total. The fraction of sp³-hybridized carbons (Fsp3) is 0.208. The molecule has 0 aliphatic rings. The molecule has 28 heavy (non-hydrogen) atoms. The number of ether oxygens (including phenoxy) is 1. The van der Waals surface area contributed by atoms with E-state index in [-0.39, 0.29) is 6.04 Å². The zero-order valence-corrected chi connectivity index (χ0v) is 17.3. The molecule has 0 aromatic heterocycles. The number of aryl methyl sites for hydroxylation is 2. The monoisotopic (exact) mass is 390 g/mol. The van der Waals surface area contributed by atoms with Crippen LogP contribution in [0.25, 0.3) is 0 Å². The van der Waals surface area contributed by atoms with Gasteiger partial charge in [0.2, 0.25) is 0 Å². The Hall–Kier alpha value is -2.85. The van der Waals surface area contributed by atoms with Crippen LogP contribution in [0.3, 0.4) is 0 Å². The van der Waals surface area contributed by atoms with E-state index < -0.39 is 0 Å². The van der Waals surface area contributed by atoms with Crippen LogP contribution < -0.4 is 15.4 Å². The van der Waals surface area contributed by atoms with Gasteiger partial charge in [0.05, 0.1) is 18.3 Å². The van der Waals surface area contributed by atoms with Gasteiger partial charge < -0.3 is 15.4 Å². The predicted octanol–water partition coefficient (Wildman–Crippen LogP) is 5.78. The average molecular weight is 391 g/mol. The average Bonchev–Trinajstić information content (AvgIpc) is 2.69. The summed E-state index contributed by atoms with van der Waals surface area (Å²) < 4.78 is 5.69. The zero-order chi connectivity index (χ0) is 19.9. The number of hydrogen-bond donors (Lipinski definition) is 2. The molecular formula is C24H26N2OS. The highest BCUT2D eigenvalue weighted by molar-refractivity contribution is 7.80. The highest BCUT2D eigenvalue weighted by Crippen LogP contribution is 2.27. The van der Waals surface area contributed by atoms with E-state index in [4.69, 9.17) is 17.0 Å². The fourth-order valence-corrected chi connectivity index (χ4v) is 3.50. The Balaban J connectivity index is 1.87. The molecule has 0 heterocycles. The second kappa shape index (κ2) is 9.38. The third-order valence-corrected chi connectivity index (χ3v) is 4.80. The molecule has 3 rings (SSSR count). The molecule has 3 aromatic rings. The summed E-state index contributed by atoms with van der Waals surface area (Å²) >= 11 is 5.65. The van der Waals surface area contributed by atoms with Crippen molar-refractivity contribution in [2.24, 2.45) is 0 Å². The highest BCUT2D eigenvalue weighted by atomic mass is 32.1. The van der Waals surface area contributed by atoms with E-state index in [2.05, 4.69) is 66.9 Å². The number of thiocarbonyl (C=S) groups is 1. The lowest BCUT2D eigenvalue weighted by Crippen LogP contribution is -2.33. The van der Waals surface area contributed by atoms with Crippen molar-refractivity contribution in [1.29, 1.82) is 0 Å². The van der Waals surface area contributed by atoms with E-state index in [9.17, 15) is 0 Å². The molecule has 0 radical (unpaired) electrons. The summed E-state index contributed by atoms with van der Waals surface area (Å²) in [5, 5.41) is 7.34. The Morgan fingerprint density at radius 3 is 2.39 bits per heavy atom. The number of para-hydroxylation sites is 2. The van der Waals surface area contributed by atoms with Gasteiger partial charge in [0.25, 0.3) is 0 Å². The topological polar surface area (TPSA) is 33.3 Å². The smallest absolute Gasteiger partial charge is 0.171 e. The largest absolute Gasteiger partial charge is 0.492 e. The normalized spacial score (nSPS) is 11.5. The van der Waals surface area contributed by atoms with Gasteiger partial charge in [0, 0.05) is 0 Å². The number of anilines is 1. The third kappa shape index (κ3) is 4.90. The molecule has 0 saturated heterocycles. The molecule has 0 spiro atoms. The van der Waals surface area contributed by atoms with Crippen LogP contribution in [0.5, 0.6) is 5.75 Å². The molecule has 4 heteroatoms. The van der Waals surface area contributed by atoms with E-state index in [0.717, 1.165) is 17.0 Å². The first-order valence-electron chi connectivity index (χ1n) is 9.50. The molecule has 0 amide bonds. The van der Waals surface area contributed by atoms with Gasteiger partial charge in [-0.3, -0.25) is 0 Å². The Morgan fingerprint density at radius 2 is 1.68 bits per heavy atom. The Morgan fingerprint density at radius 1 is 0.964 bits per heavy atom. The second-order valence-electron chi connectivity index (χ2n) is 6.73. The summed E-state index contributed by atoms with van der Waals surface area (Å²) in [6.45, 7) is 6.83. The van der Waals surface area contributed by atoms with Gasteiger partial charge in [0.1, 0.15) is 5.75 Å². The van der Waals surface area contributed by atoms with Gasteiger partial charge in [-0.05, 0) is 61.8 Å². The maximum absolute atomic E-state index is 5.69. The molecule has 3 aromatic carbocycles. The number of benzene rings is 3. The van der Waals surface area contributed by atoms with Crippen molar-refractivity contribution in [3.05, 3.63) is 95.1 Å². The molecule has 144 valence electrons. The minimum Gasteiger partial charge on any atom is -0.492 e. The Labute approximate surface area is 172 Å².